The van der Waals surface area contributed by atoms with Gasteiger partial charge in [0.1, 0.15) is 5.82 Å². The molecule has 0 aliphatic carbocycles. The zero-order valence-corrected chi connectivity index (χ0v) is 7.68. The van der Waals surface area contributed by atoms with Gasteiger partial charge >= 0.3 is 0 Å². The number of nitrogens with two attached hydrogens (primary N) is 1. The van der Waals surface area contributed by atoms with E-state index in [9.17, 15) is 4.39 Å². The number of rotatable bonds is 3. The lowest BCUT2D eigenvalue weighted by Gasteiger charge is -2.11. The lowest BCUT2D eigenvalue weighted by atomic mass is 10.1. The van der Waals surface area contributed by atoms with Gasteiger partial charge in [0.25, 0.3) is 0 Å². The Morgan fingerprint density at radius 3 is 2.77 bits per heavy atom. The van der Waals surface area contributed by atoms with E-state index in [1.807, 2.05) is 0 Å². The molecular formula is C9H10ClFN2. The highest BCUT2D eigenvalue weighted by Crippen LogP contribution is 2.20. The Labute approximate surface area is 81.2 Å². The van der Waals surface area contributed by atoms with E-state index in [1.165, 1.54) is 12.1 Å². The fraction of sp³-hybridized carbons (Fsp3) is 0.111. The van der Waals surface area contributed by atoms with Crippen molar-refractivity contribution < 1.29 is 4.39 Å². The molecule has 70 valence electrons. The molecule has 0 aliphatic heterocycles. The normalized spacial score (nSPS) is 12.5. The van der Waals surface area contributed by atoms with E-state index in [0.717, 1.165) is 5.56 Å². The summed E-state index contributed by atoms with van der Waals surface area (Å²) in [7, 11) is 0. The first-order valence-corrected chi connectivity index (χ1v) is 4.10. The van der Waals surface area contributed by atoms with Gasteiger partial charge in [0.05, 0.1) is 11.1 Å². The molecule has 3 N–H and O–H groups in total. The summed E-state index contributed by atoms with van der Waals surface area (Å²) in [5.74, 6) is 4.81. The summed E-state index contributed by atoms with van der Waals surface area (Å²) in [6, 6.07) is 4.21. The van der Waals surface area contributed by atoms with Crippen LogP contribution in [-0.2, 0) is 0 Å². The van der Waals surface area contributed by atoms with Crippen LogP contribution < -0.4 is 11.3 Å². The van der Waals surface area contributed by atoms with Crippen LogP contribution in [0.1, 0.15) is 11.6 Å². The lowest BCUT2D eigenvalue weighted by Crippen LogP contribution is -2.26. The number of nitrogens with one attached hydrogen (secondary N) is 1. The molecule has 0 aliphatic rings. The van der Waals surface area contributed by atoms with E-state index in [1.54, 1.807) is 12.1 Å². The molecule has 1 aromatic carbocycles. The van der Waals surface area contributed by atoms with E-state index in [-0.39, 0.29) is 11.1 Å². The number of hydrogen-bond donors (Lipinski definition) is 2. The first kappa shape index (κ1) is 10.2. The Morgan fingerprint density at radius 1 is 1.62 bits per heavy atom. The van der Waals surface area contributed by atoms with Gasteiger partial charge in [0, 0.05) is 0 Å². The highest BCUT2D eigenvalue weighted by Gasteiger charge is 2.07. The van der Waals surface area contributed by atoms with E-state index in [4.69, 9.17) is 17.4 Å². The summed E-state index contributed by atoms with van der Waals surface area (Å²) >= 11 is 5.59. The van der Waals surface area contributed by atoms with Crippen LogP contribution in [-0.4, -0.2) is 0 Å². The molecule has 1 atom stereocenters. The highest BCUT2D eigenvalue weighted by atomic mass is 35.5. The molecule has 4 heteroatoms. The Balaban J connectivity index is 3.01. The van der Waals surface area contributed by atoms with Crippen LogP contribution in [0.3, 0.4) is 0 Å². The second-order valence-electron chi connectivity index (χ2n) is 2.55. The molecule has 0 fully saturated rings. The third-order valence-corrected chi connectivity index (χ3v) is 2.01. The Hall–Kier alpha value is -0.900. The van der Waals surface area contributed by atoms with Crippen LogP contribution in [0.2, 0.25) is 5.02 Å². The number of halogens is 2. The molecule has 1 rings (SSSR count). The third-order valence-electron chi connectivity index (χ3n) is 1.72. The standard InChI is InChI=1S/C9H10ClFN2/c1-2-9(13-12)6-3-4-8(11)7(10)5-6/h2-5,9,13H,1,12H2. The first-order chi connectivity index (χ1) is 6.19. The average molecular weight is 201 g/mol. The van der Waals surface area contributed by atoms with Crippen molar-refractivity contribution in [1.29, 1.82) is 0 Å². The SMILES string of the molecule is C=CC(NN)c1ccc(F)c(Cl)c1. The van der Waals surface area contributed by atoms with E-state index in [2.05, 4.69) is 12.0 Å². The summed E-state index contributed by atoms with van der Waals surface area (Å²) < 4.78 is 12.8. The minimum Gasteiger partial charge on any atom is -0.271 e. The summed E-state index contributed by atoms with van der Waals surface area (Å²) in [5.41, 5.74) is 3.30. The summed E-state index contributed by atoms with van der Waals surface area (Å²) in [6.07, 6.45) is 1.61. The summed E-state index contributed by atoms with van der Waals surface area (Å²) in [6.45, 7) is 3.58. The van der Waals surface area contributed by atoms with Crippen molar-refractivity contribution in [3.05, 3.63) is 47.3 Å². The highest BCUT2D eigenvalue weighted by molar-refractivity contribution is 6.30. The number of hydrazine groups is 1. The molecule has 0 amide bonds. The van der Waals surface area contributed by atoms with Crippen LogP contribution in [0, 0.1) is 5.82 Å². The van der Waals surface area contributed by atoms with Gasteiger partial charge in [-0.3, -0.25) is 5.84 Å². The van der Waals surface area contributed by atoms with Crippen molar-refractivity contribution in [3.63, 3.8) is 0 Å². The zero-order valence-electron chi connectivity index (χ0n) is 6.93. The van der Waals surface area contributed by atoms with Gasteiger partial charge in [-0.15, -0.1) is 6.58 Å². The van der Waals surface area contributed by atoms with Gasteiger partial charge in [-0.05, 0) is 17.7 Å². The van der Waals surface area contributed by atoms with Crippen molar-refractivity contribution in [2.24, 2.45) is 5.84 Å². The van der Waals surface area contributed by atoms with Crippen LogP contribution in [0.25, 0.3) is 0 Å². The molecule has 1 unspecified atom stereocenters. The molecule has 13 heavy (non-hydrogen) atoms. The van der Waals surface area contributed by atoms with Crippen molar-refractivity contribution in [3.8, 4) is 0 Å². The van der Waals surface area contributed by atoms with E-state index >= 15 is 0 Å². The van der Waals surface area contributed by atoms with Crippen LogP contribution >= 0.6 is 11.6 Å². The molecule has 0 heterocycles. The fourth-order valence-electron chi connectivity index (χ4n) is 1.01. The Bertz CT molecular complexity index is 314. The third kappa shape index (κ3) is 2.28. The lowest BCUT2D eigenvalue weighted by molar-refractivity contribution is 0.621. The summed E-state index contributed by atoms with van der Waals surface area (Å²) in [5, 5.41) is 0.0830. The van der Waals surface area contributed by atoms with Gasteiger partial charge in [-0.2, -0.15) is 0 Å². The van der Waals surface area contributed by atoms with Crippen molar-refractivity contribution in [1.82, 2.24) is 5.43 Å². The Morgan fingerprint density at radius 2 is 2.31 bits per heavy atom. The number of hydrogen-bond acceptors (Lipinski definition) is 2. The van der Waals surface area contributed by atoms with Gasteiger partial charge in [-0.1, -0.05) is 23.7 Å². The van der Waals surface area contributed by atoms with Crippen LogP contribution in [0.15, 0.2) is 30.9 Å². The quantitative estimate of drug-likeness (QED) is 0.446. The molecular weight excluding hydrogens is 191 g/mol. The minimum atomic E-state index is -0.440. The molecule has 0 saturated heterocycles. The van der Waals surface area contributed by atoms with E-state index < -0.39 is 5.82 Å². The van der Waals surface area contributed by atoms with Gasteiger partial charge in [-0.25, -0.2) is 9.82 Å². The second kappa shape index (κ2) is 4.37. The molecule has 0 radical (unpaired) electrons. The second-order valence-corrected chi connectivity index (χ2v) is 2.96. The molecule has 0 saturated carbocycles. The van der Waals surface area contributed by atoms with Crippen LogP contribution in [0.4, 0.5) is 4.39 Å². The smallest absolute Gasteiger partial charge is 0.141 e. The van der Waals surface area contributed by atoms with Crippen molar-refractivity contribution >= 4 is 11.6 Å². The van der Waals surface area contributed by atoms with Gasteiger partial charge < -0.3 is 0 Å². The Kier molecular flexibility index (Phi) is 3.42. The maximum absolute atomic E-state index is 12.8. The van der Waals surface area contributed by atoms with Crippen molar-refractivity contribution in [2.75, 3.05) is 0 Å². The summed E-state index contributed by atoms with van der Waals surface area (Å²) in [4.78, 5) is 0. The topological polar surface area (TPSA) is 38.0 Å². The fourth-order valence-corrected chi connectivity index (χ4v) is 1.20. The largest absolute Gasteiger partial charge is 0.271 e. The molecule has 0 spiro atoms. The minimum absolute atomic E-state index is 0.0830. The van der Waals surface area contributed by atoms with Gasteiger partial charge in [0.2, 0.25) is 0 Å². The maximum atomic E-state index is 12.8. The maximum Gasteiger partial charge on any atom is 0.141 e. The van der Waals surface area contributed by atoms with Crippen LogP contribution in [0.5, 0.6) is 0 Å². The first-order valence-electron chi connectivity index (χ1n) is 3.72. The molecule has 0 aromatic heterocycles. The van der Waals surface area contributed by atoms with Gasteiger partial charge in [0.15, 0.2) is 0 Å². The molecule has 1 aromatic rings. The van der Waals surface area contributed by atoms with Crippen molar-refractivity contribution in [2.45, 2.75) is 6.04 Å². The molecule has 2 nitrogen and oxygen atoms in total. The molecule has 0 bridgehead atoms. The predicted molar refractivity (Wildman–Crippen MR) is 51.7 cm³/mol. The predicted octanol–water partition coefficient (Wildman–Crippen LogP) is 2.17. The number of benzene rings is 1. The van der Waals surface area contributed by atoms with E-state index in [0.29, 0.717) is 0 Å². The monoisotopic (exact) mass is 200 g/mol. The zero-order chi connectivity index (χ0) is 9.84. The average Bonchev–Trinajstić information content (AvgIpc) is 2.13.